The van der Waals surface area contributed by atoms with E-state index >= 15 is 0 Å². The zero-order valence-corrected chi connectivity index (χ0v) is 11.9. The van der Waals surface area contributed by atoms with Crippen LogP contribution in [0.4, 0.5) is 0 Å². The van der Waals surface area contributed by atoms with E-state index in [-0.39, 0.29) is 30.3 Å². The third-order valence-corrected chi connectivity index (χ3v) is 2.64. The van der Waals surface area contributed by atoms with Gasteiger partial charge in [-0.05, 0) is 12.3 Å². The summed E-state index contributed by atoms with van der Waals surface area (Å²) in [5.74, 6) is -1.12. The molecule has 0 spiro atoms. The van der Waals surface area contributed by atoms with E-state index in [1.165, 1.54) is 0 Å². The van der Waals surface area contributed by atoms with Crippen molar-refractivity contribution < 1.29 is 9.59 Å². The standard InChI is InChI=1S/C11H23N3O2.ClH/c1-6(7(2)12)10(16)14-8(9(13)15)11(3,4)5;/h6-8H,12H2,1-5H3,(H2,13,15)(H,14,16);1H. The Kier molecular flexibility index (Phi) is 7.43. The van der Waals surface area contributed by atoms with Crippen LogP contribution in [-0.4, -0.2) is 23.9 Å². The van der Waals surface area contributed by atoms with E-state index in [1.54, 1.807) is 13.8 Å². The molecule has 0 aromatic rings. The SMILES string of the molecule is CC(N)C(C)C(=O)NC(C(N)=O)C(C)(C)C.Cl. The van der Waals surface area contributed by atoms with E-state index in [9.17, 15) is 9.59 Å². The molecule has 0 saturated heterocycles. The second-order valence-corrected chi connectivity index (χ2v) is 5.36. The first-order valence-electron chi connectivity index (χ1n) is 5.42. The lowest BCUT2D eigenvalue weighted by Gasteiger charge is -2.30. The predicted molar refractivity (Wildman–Crippen MR) is 70.6 cm³/mol. The average molecular weight is 266 g/mol. The molecular weight excluding hydrogens is 242 g/mol. The van der Waals surface area contributed by atoms with E-state index in [0.717, 1.165) is 0 Å². The Balaban J connectivity index is 0. The summed E-state index contributed by atoms with van der Waals surface area (Å²) in [6.45, 7) is 9.01. The van der Waals surface area contributed by atoms with Gasteiger partial charge in [-0.15, -0.1) is 12.4 Å². The van der Waals surface area contributed by atoms with Gasteiger partial charge in [-0.2, -0.15) is 0 Å². The quantitative estimate of drug-likeness (QED) is 0.686. The van der Waals surface area contributed by atoms with Crippen LogP contribution in [0, 0.1) is 11.3 Å². The van der Waals surface area contributed by atoms with Crippen LogP contribution in [-0.2, 0) is 9.59 Å². The lowest BCUT2D eigenvalue weighted by molar-refractivity contribution is -0.132. The summed E-state index contributed by atoms with van der Waals surface area (Å²) in [6, 6.07) is -0.935. The Morgan fingerprint density at radius 1 is 1.18 bits per heavy atom. The summed E-state index contributed by atoms with van der Waals surface area (Å²) in [6.07, 6.45) is 0. The molecule has 0 heterocycles. The largest absolute Gasteiger partial charge is 0.368 e. The Morgan fingerprint density at radius 3 is 1.82 bits per heavy atom. The molecule has 0 fully saturated rings. The van der Waals surface area contributed by atoms with Crippen LogP contribution >= 0.6 is 12.4 Å². The van der Waals surface area contributed by atoms with Crippen molar-refractivity contribution in [3.05, 3.63) is 0 Å². The second kappa shape index (κ2) is 6.81. The number of amides is 2. The van der Waals surface area contributed by atoms with Gasteiger partial charge >= 0.3 is 0 Å². The van der Waals surface area contributed by atoms with E-state index in [4.69, 9.17) is 11.5 Å². The van der Waals surface area contributed by atoms with Gasteiger partial charge in [-0.25, -0.2) is 0 Å². The van der Waals surface area contributed by atoms with Crippen molar-refractivity contribution in [3.63, 3.8) is 0 Å². The minimum Gasteiger partial charge on any atom is -0.368 e. The molecule has 5 N–H and O–H groups in total. The zero-order valence-electron chi connectivity index (χ0n) is 11.1. The second-order valence-electron chi connectivity index (χ2n) is 5.36. The van der Waals surface area contributed by atoms with Crippen LogP contribution in [0.2, 0.25) is 0 Å². The molecule has 2 amide bonds. The molecule has 3 unspecified atom stereocenters. The molecule has 3 atom stereocenters. The highest BCUT2D eigenvalue weighted by Gasteiger charge is 2.32. The molecule has 5 nitrogen and oxygen atoms in total. The van der Waals surface area contributed by atoms with Crippen molar-refractivity contribution >= 4 is 24.2 Å². The van der Waals surface area contributed by atoms with E-state index in [1.807, 2.05) is 20.8 Å². The van der Waals surface area contributed by atoms with Gasteiger partial charge in [-0.1, -0.05) is 27.7 Å². The molecular formula is C11H24ClN3O2. The van der Waals surface area contributed by atoms with Crippen molar-refractivity contribution in [2.24, 2.45) is 22.8 Å². The van der Waals surface area contributed by atoms with Gasteiger partial charge in [0.25, 0.3) is 0 Å². The number of carbonyl (C=O) groups is 2. The van der Waals surface area contributed by atoms with Crippen molar-refractivity contribution in [2.75, 3.05) is 0 Å². The monoisotopic (exact) mass is 265 g/mol. The first kappa shape index (κ1) is 18.6. The molecule has 0 aliphatic heterocycles. The molecule has 0 rings (SSSR count). The molecule has 0 bridgehead atoms. The van der Waals surface area contributed by atoms with Crippen LogP contribution in [0.15, 0.2) is 0 Å². The van der Waals surface area contributed by atoms with Gasteiger partial charge < -0.3 is 16.8 Å². The molecule has 102 valence electrons. The van der Waals surface area contributed by atoms with E-state index in [0.29, 0.717) is 0 Å². The fraction of sp³-hybridized carbons (Fsp3) is 0.818. The third-order valence-electron chi connectivity index (χ3n) is 2.64. The van der Waals surface area contributed by atoms with Gasteiger partial charge in [0.2, 0.25) is 11.8 Å². The fourth-order valence-electron chi connectivity index (χ4n) is 1.23. The third kappa shape index (κ3) is 5.89. The highest BCUT2D eigenvalue weighted by Crippen LogP contribution is 2.19. The molecule has 0 saturated carbocycles. The minimum atomic E-state index is -0.679. The normalized spacial score (nSPS) is 16.4. The van der Waals surface area contributed by atoms with Crippen molar-refractivity contribution in [2.45, 2.75) is 46.7 Å². The Bertz CT molecular complexity index is 274. The van der Waals surface area contributed by atoms with Crippen molar-refractivity contribution in [1.82, 2.24) is 5.32 Å². The number of hydrogen-bond acceptors (Lipinski definition) is 3. The van der Waals surface area contributed by atoms with Crippen LogP contribution in [0.1, 0.15) is 34.6 Å². The first-order valence-corrected chi connectivity index (χ1v) is 5.42. The van der Waals surface area contributed by atoms with Gasteiger partial charge in [0.1, 0.15) is 6.04 Å². The number of hydrogen-bond donors (Lipinski definition) is 3. The molecule has 6 heteroatoms. The summed E-state index contributed by atoms with van der Waals surface area (Å²) in [5.41, 5.74) is 10.5. The number of carbonyl (C=O) groups excluding carboxylic acids is 2. The summed E-state index contributed by atoms with van der Waals surface area (Å²) in [7, 11) is 0. The summed E-state index contributed by atoms with van der Waals surface area (Å²) < 4.78 is 0. The number of nitrogens with one attached hydrogen (secondary N) is 1. The van der Waals surface area contributed by atoms with Gasteiger partial charge in [0.05, 0.1) is 0 Å². The molecule has 0 aliphatic carbocycles. The maximum absolute atomic E-state index is 11.7. The van der Waals surface area contributed by atoms with Gasteiger partial charge in [0.15, 0.2) is 0 Å². The van der Waals surface area contributed by atoms with Crippen LogP contribution in [0.5, 0.6) is 0 Å². The fourth-order valence-corrected chi connectivity index (χ4v) is 1.23. The van der Waals surface area contributed by atoms with Crippen LogP contribution in [0.3, 0.4) is 0 Å². The van der Waals surface area contributed by atoms with Gasteiger partial charge in [-0.3, -0.25) is 9.59 Å². The predicted octanol–water partition coefficient (Wildman–Crippen LogP) is 0.408. The van der Waals surface area contributed by atoms with E-state index in [2.05, 4.69) is 5.32 Å². The molecule has 17 heavy (non-hydrogen) atoms. The van der Waals surface area contributed by atoms with Gasteiger partial charge in [0, 0.05) is 12.0 Å². The van der Waals surface area contributed by atoms with Crippen LogP contribution in [0.25, 0.3) is 0 Å². The summed E-state index contributed by atoms with van der Waals surface area (Å²) in [5, 5.41) is 2.64. The molecule has 0 aromatic carbocycles. The smallest absolute Gasteiger partial charge is 0.240 e. The lowest BCUT2D eigenvalue weighted by Crippen LogP contribution is -2.54. The molecule has 0 radical (unpaired) electrons. The zero-order chi connectivity index (χ0) is 13.1. The maximum atomic E-state index is 11.7. The average Bonchev–Trinajstić information content (AvgIpc) is 2.09. The highest BCUT2D eigenvalue weighted by atomic mass is 35.5. The number of rotatable bonds is 4. The van der Waals surface area contributed by atoms with Crippen molar-refractivity contribution in [3.8, 4) is 0 Å². The van der Waals surface area contributed by atoms with E-state index < -0.39 is 17.4 Å². The summed E-state index contributed by atoms with van der Waals surface area (Å²) >= 11 is 0. The summed E-state index contributed by atoms with van der Waals surface area (Å²) in [4.78, 5) is 23.0. The first-order chi connectivity index (χ1) is 7.07. The topological polar surface area (TPSA) is 98.2 Å². The maximum Gasteiger partial charge on any atom is 0.240 e. The Hall–Kier alpha value is -0.810. The Morgan fingerprint density at radius 2 is 1.59 bits per heavy atom. The minimum absolute atomic E-state index is 0. The highest BCUT2D eigenvalue weighted by molar-refractivity contribution is 5.88. The Labute approximate surface area is 109 Å². The van der Waals surface area contributed by atoms with Crippen LogP contribution < -0.4 is 16.8 Å². The number of halogens is 1. The lowest BCUT2D eigenvalue weighted by atomic mass is 9.85. The molecule has 0 aliphatic rings. The number of nitrogens with two attached hydrogens (primary N) is 2. The number of primary amides is 1. The van der Waals surface area contributed by atoms with Crippen molar-refractivity contribution in [1.29, 1.82) is 0 Å². The molecule has 0 aromatic heterocycles.